The summed E-state index contributed by atoms with van der Waals surface area (Å²) in [6, 6.07) is 6.09. The molecule has 6 nitrogen and oxygen atoms in total. The molecule has 3 aliphatic rings. The fourth-order valence-electron chi connectivity index (χ4n) is 4.23. The highest BCUT2D eigenvalue weighted by atomic mass is 19.1. The lowest BCUT2D eigenvalue weighted by atomic mass is 9.88. The van der Waals surface area contributed by atoms with Crippen molar-refractivity contribution >= 4 is 17.5 Å². The van der Waals surface area contributed by atoms with Crippen molar-refractivity contribution in [2.45, 2.75) is 31.3 Å². The molecule has 3 saturated heterocycles. The van der Waals surface area contributed by atoms with Crippen molar-refractivity contribution in [3.63, 3.8) is 0 Å². The van der Waals surface area contributed by atoms with E-state index in [0.717, 1.165) is 12.8 Å². The molecule has 2 amide bonds. The van der Waals surface area contributed by atoms with E-state index in [1.165, 1.54) is 12.1 Å². The topological polar surface area (TPSA) is 59.1 Å². The Morgan fingerprint density at radius 3 is 2.63 bits per heavy atom. The number of ether oxygens (including phenoxy) is 2. The van der Waals surface area contributed by atoms with Crippen LogP contribution in [-0.4, -0.2) is 61.8 Å². The molecular formula is C20H25FN2O4. The van der Waals surface area contributed by atoms with Gasteiger partial charge in [0.05, 0.1) is 12.1 Å². The van der Waals surface area contributed by atoms with Crippen LogP contribution >= 0.6 is 0 Å². The van der Waals surface area contributed by atoms with Gasteiger partial charge in [0.25, 0.3) is 5.91 Å². The highest BCUT2D eigenvalue weighted by molar-refractivity contribution is 5.95. The second-order valence-electron chi connectivity index (χ2n) is 7.64. The number of rotatable bonds is 2. The molecule has 0 unspecified atom stereocenters. The van der Waals surface area contributed by atoms with Crippen LogP contribution in [0.15, 0.2) is 24.3 Å². The number of benzene rings is 1. The molecule has 0 N–H and O–H groups in total. The minimum absolute atomic E-state index is 0.00950. The summed E-state index contributed by atoms with van der Waals surface area (Å²) in [5, 5.41) is 0. The number of carbonyl (C=O) groups is 2. The average Bonchev–Trinajstić information content (AvgIpc) is 2.71. The molecular weight excluding hydrogens is 351 g/mol. The fourth-order valence-corrected chi connectivity index (χ4v) is 4.23. The number of anilines is 1. The Labute approximate surface area is 158 Å². The van der Waals surface area contributed by atoms with Crippen LogP contribution in [0.2, 0.25) is 0 Å². The Morgan fingerprint density at radius 1 is 1.19 bits per heavy atom. The molecule has 3 heterocycles. The zero-order chi connectivity index (χ0) is 18.9. The van der Waals surface area contributed by atoms with Gasteiger partial charge >= 0.3 is 0 Å². The maximum Gasteiger partial charge on any atom is 0.253 e. The van der Waals surface area contributed by atoms with Crippen LogP contribution in [0.1, 0.15) is 25.7 Å². The molecule has 7 heteroatoms. The van der Waals surface area contributed by atoms with Crippen molar-refractivity contribution < 1.29 is 23.5 Å². The molecule has 3 fully saturated rings. The fraction of sp³-hybridized carbons (Fsp3) is 0.600. The van der Waals surface area contributed by atoms with Gasteiger partial charge in [-0.05, 0) is 43.9 Å². The smallest absolute Gasteiger partial charge is 0.253 e. The van der Waals surface area contributed by atoms with Crippen LogP contribution in [0.25, 0.3) is 0 Å². The van der Waals surface area contributed by atoms with Crippen molar-refractivity contribution in [3.05, 3.63) is 30.1 Å². The van der Waals surface area contributed by atoms with E-state index in [4.69, 9.17) is 9.47 Å². The number of carbonyl (C=O) groups excluding carboxylic acids is 2. The summed E-state index contributed by atoms with van der Waals surface area (Å²) in [6.07, 6.45) is 2.94. The van der Waals surface area contributed by atoms with Gasteiger partial charge in [0.1, 0.15) is 12.4 Å². The van der Waals surface area contributed by atoms with Crippen LogP contribution < -0.4 is 4.90 Å². The van der Waals surface area contributed by atoms with Crippen LogP contribution in [-0.2, 0) is 19.1 Å². The number of hydrogen-bond donors (Lipinski definition) is 0. The summed E-state index contributed by atoms with van der Waals surface area (Å²) in [5.41, 5.74) is 0.0931. The summed E-state index contributed by atoms with van der Waals surface area (Å²) in [5.74, 6) is -0.253. The highest BCUT2D eigenvalue weighted by Crippen LogP contribution is 2.33. The molecule has 0 atom stereocenters. The lowest BCUT2D eigenvalue weighted by Crippen LogP contribution is -2.60. The third-order valence-electron chi connectivity index (χ3n) is 5.93. The second kappa shape index (κ2) is 7.56. The lowest BCUT2D eigenvalue weighted by molar-refractivity contribution is -0.153. The van der Waals surface area contributed by atoms with Crippen molar-refractivity contribution in [2.75, 3.05) is 44.4 Å². The summed E-state index contributed by atoms with van der Waals surface area (Å²) < 4.78 is 24.9. The van der Waals surface area contributed by atoms with Crippen LogP contribution in [0, 0.1) is 11.7 Å². The Morgan fingerprint density at radius 2 is 1.93 bits per heavy atom. The molecule has 27 heavy (non-hydrogen) atoms. The van der Waals surface area contributed by atoms with Crippen LogP contribution in [0.5, 0.6) is 0 Å². The highest BCUT2D eigenvalue weighted by Gasteiger charge is 2.44. The van der Waals surface area contributed by atoms with Crippen molar-refractivity contribution in [2.24, 2.45) is 5.92 Å². The number of likely N-dealkylation sites (tertiary alicyclic amines) is 1. The predicted octanol–water partition coefficient (Wildman–Crippen LogP) is 1.98. The molecule has 4 rings (SSSR count). The van der Waals surface area contributed by atoms with Gasteiger partial charge in [0.2, 0.25) is 5.91 Å². The minimum atomic E-state index is -0.466. The molecule has 1 spiro atoms. The molecule has 0 radical (unpaired) electrons. The van der Waals surface area contributed by atoms with E-state index >= 15 is 0 Å². The Balaban J connectivity index is 1.41. The largest absolute Gasteiger partial charge is 0.381 e. The number of morpholine rings is 1. The van der Waals surface area contributed by atoms with E-state index in [-0.39, 0.29) is 30.2 Å². The number of halogens is 1. The predicted molar refractivity (Wildman–Crippen MR) is 96.8 cm³/mol. The van der Waals surface area contributed by atoms with E-state index in [2.05, 4.69) is 0 Å². The maximum atomic E-state index is 13.6. The number of piperidine rings is 1. The summed E-state index contributed by atoms with van der Waals surface area (Å²) >= 11 is 0. The number of nitrogens with zero attached hydrogens (tertiary/aromatic N) is 2. The second-order valence-corrected chi connectivity index (χ2v) is 7.64. The standard InChI is InChI=1S/C20H25FN2O4/c21-16-2-1-3-17(12-16)23-14-20(27-13-18(23)24)6-8-22(9-7-20)19(25)15-4-10-26-11-5-15/h1-3,12,15H,4-11,13-14H2. The van der Waals surface area contributed by atoms with Gasteiger partial charge in [0, 0.05) is 37.9 Å². The van der Waals surface area contributed by atoms with Gasteiger partial charge in [-0.25, -0.2) is 4.39 Å². The van der Waals surface area contributed by atoms with E-state index in [9.17, 15) is 14.0 Å². The Bertz CT molecular complexity index is 712. The molecule has 0 bridgehead atoms. The average molecular weight is 376 g/mol. The van der Waals surface area contributed by atoms with Gasteiger partial charge in [-0.15, -0.1) is 0 Å². The van der Waals surface area contributed by atoms with E-state index in [1.807, 2.05) is 4.90 Å². The van der Waals surface area contributed by atoms with Crippen molar-refractivity contribution in [1.82, 2.24) is 4.90 Å². The van der Waals surface area contributed by atoms with Gasteiger partial charge in [0.15, 0.2) is 0 Å². The van der Waals surface area contributed by atoms with E-state index in [0.29, 0.717) is 51.4 Å². The van der Waals surface area contributed by atoms with Crippen molar-refractivity contribution in [3.8, 4) is 0 Å². The SMILES string of the molecule is O=C(C1CCOCC1)N1CCC2(CC1)CN(c1cccc(F)c1)C(=O)CO2. The normalized spacial score (nSPS) is 23.7. The molecule has 0 aromatic heterocycles. The lowest BCUT2D eigenvalue weighted by Gasteiger charge is -2.47. The summed E-state index contributed by atoms with van der Waals surface area (Å²) in [4.78, 5) is 28.6. The number of hydrogen-bond acceptors (Lipinski definition) is 4. The Hall–Kier alpha value is -1.99. The first-order valence-electron chi connectivity index (χ1n) is 9.63. The number of amides is 2. The third-order valence-corrected chi connectivity index (χ3v) is 5.93. The minimum Gasteiger partial charge on any atom is -0.381 e. The molecule has 0 saturated carbocycles. The molecule has 0 aliphatic carbocycles. The maximum absolute atomic E-state index is 13.6. The van der Waals surface area contributed by atoms with Crippen molar-refractivity contribution in [1.29, 1.82) is 0 Å². The van der Waals surface area contributed by atoms with E-state index in [1.54, 1.807) is 17.0 Å². The molecule has 3 aliphatic heterocycles. The third kappa shape index (κ3) is 3.84. The summed E-state index contributed by atoms with van der Waals surface area (Å²) in [7, 11) is 0. The first-order chi connectivity index (χ1) is 13.1. The molecule has 1 aromatic carbocycles. The van der Waals surface area contributed by atoms with Crippen LogP contribution in [0.3, 0.4) is 0 Å². The van der Waals surface area contributed by atoms with E-state index < -0.39 is 5.60 Å². The van der Waals surface area contributed by atoms with Gasteiger partial charge < -0.3 is 19.3 Å². The quantitative estimate of drug-likeness (QED) is 0.792. The molecule has 1 aromatic rings. The summed E-state index contributed by atoms with van der Waals surface area (Å²) in [6.45, 7) is 2.95. The Kier molecular flexibility index (Phi) is 5.14. The van der Waals surface area contributed by atoms with Crippen LogP contribution in [0.4, 0.5) is 10.1 Å². The monoisotopic (exact) mass is 376 g/mol. The zero-order valence-corrected chi connectivity index (χ0v) is 15.4. The molecule has 146 valence electrons. The first kappa shape index (κ1) is 18.4. The zero-order valence-electron chi connectivity index (χ0n) is 15.4. The van der Waals surface area contributed by atoms with Gasteiger partial charge in [-0.1, -0.05) is 6.07 Å². The van der Waals surface area contributed by atoms with Gasteiger partial charge in [-0.3, -0.25) is 9.59 Å². The van der Waals surface area contributed by atoms with Gasteiger partial charge in [-0.2, -0.15) is 0 Å². The first-order valence-corrected chi connectivity index (χ1v) is 9.63.